The number of fused-ring (bicyclic) bond motifs is 1. The fourth-order valence-electron chi connectivity index (χ4n) is 1.59. The van der Waals surface area contributed by atoms with Crippen LogP contribution in [0.15, 0.2) is 36.4 Å². The van der Waals surface area contributed by atoms with E-state index in [-0.39, 0.29) is 23.6 Å². The first-order valence-corrected chi connectivity index (χ1v) is 4.68. The number of phenols is 1. The highest BCUT2D eigenvalue weighted by molar-refractivity contribution is 6.05. The van der Waals surface area contributed by atoms with Gasteiger partial charge in [-0.25, -0.2) is 0 Å². The smallest absolute Gasteiger partial charge is 0.180 e. The van der Waals surface area contributed by atoms with Crippen molar-refractivity contribution in [1.29, 1.82) is 0 Å². The van der Waals surface area contributed by atoms with Crippen molar-refractivity contribution in [2.45, 2.75) is 0 Å². The van der Waals surface area contributed by atoms with Gasteiger partial charge >= 0.3 is 0 Å². The van der Waals surface area contributed by atoms with Crippen LogP contribution in [0.2, 0.25) is 0 Å². The lowest BCUT2D eigenvalue weighted by molar-refractivity contribution is 0.0999. The van der Waals surface area contributed by atoms with E-state index in [0.29, 0.717) is 5.39 Å². The van der Waals surface area contributed by atoms with Crippen molar-refractivity contribution in [2.24, 2.45) is 5.73 Å². The number of carbonyl (C=O) groups excluding carboxylic acids is 1. The zero-order chi connectivity index (χ0) is 10.8. The minimum atomic E-state index is -0.252. The summed E-state index contributed by atoms with van der Waals surface area (Å²) in [5, 5.41) is 11.5. The lowest BCUT2D eigenvalue weighted by Gasteiger charge is -2.05. The van der Waals surface area contributed by atoms with Crippen LogP contribution in [0.5, 0.6) is 5.75 Å². The Labute approximate surface area is 87.1 Å². The molecule has 0 fully saturated rings. The Bertz CT molecular complexity index is 520. The number of rotatable bonds is 2. The Morgan fingerprint density at radius 3 is 2.67 bits per heavy atom. The number of aromatic hydroxyl groups is 1. The topological polar surface area (TPSA) is 63.3 Å². The highest BCUT2D eigenvalue weighted by Gasteiger charge is 2.11. The van der Waals surface area contributed by atoms with Gasteiger partial charge in [0.15, 0.2) is 5.78 Å². The molecule has 2 aromatic rings. The van der Waals surface area contributed by atoms with E-state index < -0.39 is 0 Å². The summed E-state index contributed by atoms with van der Waals surface area (Å²) >= 11 is 0. The molecule has 0 saturated heterocycles. The highest BCUT2D eigenvalue weighted by Crippen LogP contribution is 2.28. The van der Waals surface area contributed by atoms with E-state index in [0.717, 1.165) is 5.39 Å². The number of nitrogens with two attached hydrogens (primary N) is 1. The molecule has 0 aliphatic heterocycles. The summed E-state index contributed by atoms with van der Waals surface area (Å²) in [7, 11) is 0. The number of benzene rings is 2. The molecule has 0 radical (unpaired) electrons. The maximum absolute atomic E-state index is 11.4. The van der Waals surface area contributed by atoms with Gasteiger partial charge in [0, 0.05) is 5.39 Å². The Kier molecular flexibility index (Phi) is 2.39. The monoisotopic (exact) mass is 201 g/mol. The van der Waals surface area contributed by atoms with Gasteiger partial charge in [0.1, 0.15) is 5.75 Å². The van der Waals surface area contributed by atoms with Crippen molar-refractivity contribution >= 4 is 16.6 Å². The zero-order valence-corrected chi connectivity index (χ0v) is 8.10. The molecule has 3 N–H and O–H groups in total. The normalized spacial score (nSPS) is 10.5. The van der Waals surface area contributed by atoms with Crippen molar-refractivity contribution in [3.63, 3.8) is 0 Å². The molecular formula is C12H11NO2. The lowest BCUT2D eigenvalue weighted by Crippen LogP contribution is -2.13. The van der Waals surface area contributed by atoms with Gasteiger partial charge in [-0.15, -0.1) is 0 Å². The Morgan fingerprint density at radius 2 is 1.93 bits per heavy atom. The van der Waals surface area contributed by atoms with Gasteiger partial charge in [-0.1, -0.05) is 30.3 Å². The van der Waals surface area contributed by atoms with E-state index in [1.807, 2.05) is 18.2 Å². The number of hydrogen-bond donors (Lipinski definition) is 2. The Balaban J connectivity index is 2.70. The molecule has 0 heterocycles. The number of phenolic OH excluding ortho intramolecular Hbond substituents is 1. The molecule has 0 saturated carbocycles. The SMILES string of the molecule is NCC(=O)c1ccc2ccccc2c1O. The molecule has 0 aliphatic rings. The van der Waals surface area contributed by atoms with Gasteiger partial charge in [0.05, 0.1) is 12.1 Å². The maximum Gasteiger partial charge on any atom is 0.180 e. The molecule has 76 valence electrons. The van der Waals surface area contributed by atoms with Crippen LogP contribution < -0.4 is 5.73 Å². The number of carbonyl (C=O) groups is 1. The third kappa shape index (κ3) is 1.57. The summed E-state index contributed by atoms with van der Waals surface area (Å²) in [6.45, 7) is -0.0914. The van der Waals surface area contributed by atoms with Crippen LogP contribution in [0.4, 0.5) is 0 Å². The molecular weight excluding hydrogens is 190 g/mol. The number of Topliss-reactive ketones (excluding diaryl/α,β-unsaturated/α-hetero) is 1. The largest absolute Gasteiger partial charge is 0.507 e. The van der Waals surface area contributed by atoms with Crippen LogP contribution >= 0.6 is 0 Å². The fourth-order valence-corrected chi connectivity index (χ4v) is 1.59. The van der Waals surface area contributed by atoms with Crippen molar-refractivity contribution in [3.05, 3.63) is 42.0 Å². The molecule has 0 bridgehead atoms. The van der Waals surface area contributed by atoms with Gasteiger partial charge in [0.2, 0.25) is 0 Å². The molecule has 3 heteroatoms. The van der Waals surface area contributed by atoms with Crippen molar-refractivity contribution in [2.75, 3.05) is 6.54 Å². The molecule has 0 amide bonds. The van der Waals surface area contributed by atoms with Gasteiger partial charge in [-0.05, 0) is 11.5 Å². The van der Waals surface area contributed by atoms with E-state index in [2.05, 4.69) is 0 Å². The van der Waals surface area contributed by atoms with Crippen LogP contribution in [0.25, 0.3) is 10.8 Å². The Hall–Kier alpha value is -1.87. The standard InChI is InChI=1S/C12H11NO2/c13-7-11(14)10-6-5-8-3-1-2-4-9(8)12(10)15/h1-6,15H,7,13H2. The minimum absolute atomic E-state index is 0.0172. The van der Waals surface area contributed by atoms with Gasteiger partial charge in [0.25, 0.3) is 0 Å². The second kappa shape index (κ2) is 3.71. The second-order valence-electron chi connectivity index (χ2n) is 3.31. The summed E-state index contributed by atoms with van der Waals surface area (Å²) in [5.74, 6) is -0.234. The van der Waals surface area contributed by atoms with E-state index in [1.54, 1.807) is 18.2 Å². The van der Waals surface area contributed by atoms with Crippen molar-refractivity contribution in [1.82, 2.24) is 0 Å². The third-order valence-electron chi connectivity index (χ3n) is 2.39. The molecule has 15 heavy (non-hydrogen) atoms. The first-order chi connectivity index (χ1) is 7.24. The van der Waals surface area contributed by atoms with Crippen LogP contribution in [0.3, 0.4) is 0 Å². The van der Waals surface area contributed by atoms with E-state index in [9.17, 15) is 9.90 Å². The molecule has 3 nitrogen and oxygen atoms in total. The first kappa shape index (κ1) is 9.68. The fraction of sp³-hybridized carbons (Fsp3) is 0.0833. The molecule has 0 unspecified atom stereocenters. The van der Waals surface area contributed by atoms with E-state index in [1.165, 1.54) is 0 Å². The van der Waals surface area contributed by atoms with Crippen molar-refractivity contribution < 1.29 is 9.90 Å². The molecule has 0 atom stereocenters. The van der Waals surface area contributed by atoms with Crippen LogP contribution in [0, 0.1) is 0 Å². The summed E-state index contributed by atoms with van der Waals surface area (Å²) in [6.07, 6.45) is 0. The van der Waals surface area contributed by atoms with Gasteiger partial charge in [-0.2, -0.15) is 0 Å². The predicted molar refractivity (Wildman–Crippen MR) is 59.0 cm³/mol. The van der Waals surface area contributed by atoms with Gasteiger partial charge in [-0.3, -0.25) is 4.79 Å². The highest BCUT2D eigenvalue weighted by atomic mass is 16.3. The first-order valence-electron chi connectivity index (χ1n) is 4.68. The second-order valence-corrected chi connectivity index (χ2v) is 3.31. The Morgan fingerprint density at radius 1 is 1.20 bits per heavy atom. The molecule has 0 aliphatic carbocycles. The number of hydrogen-bond acceptors (Lipinski definition) is 3. The molecule has 0 spiro atoms. The minimum Gasteiger partial charge on any atom is -0.507 e. The quantitative estimate of drug-likeness (QED) is 0.727. The van der Waals surface area contributed by atoms with E-state index in [4.69, 9.17) is 5.73 Å². The number of ketones is 1. The molecule has 0 aromatic heterocycles. The molecule has 2 rings (SSSR count). The summed E-state index contributed by atoms with van der Waals surface area (Å²) < 4.78 is 0. The van der Waals surface area contributed by atoms with Crippen LogP contribution in [0.1, 0.15) is 10.4 Å². The zero-order valence-electron chi connectivity index (χ0n) is 8.10. The summed E-state index contributed by atoms with van der Waals surface area (Å²) in [6, 6.07) is 10.8. The van der Waals surface area contributed by atoms with Gasteiger partial charge < -0.3 is 10.8 Å². The third-order valence-corrected chi connectivity index (χ3v) is 2.39. The average molecular weight is 201 g/mol. The average Bonchev–Trinajstić information content (AvgIpc) is 2.29. The summed E-state index contributed by atoms with van der Waals surface area (Å²) in [5.41, 5.74) is 5.54. The summed E-state index contributed by atoms with van der Waals surface area (Å²) in [4.78, 5) is 11.4. The van der Waals surface area contributed by atoms with Crippen molar-refractivity contribution in [3.8, 4) is 5.75 Å². The maximum atomic E-state index is 11.4. The molecule has 2 aromatic carbocycles. The van der Waals surface area contributed by atoms with Crippen LogP contribution in [-0.4, -0.2) is 17.4 Å². The predicted octanol–water partition coefficient (Wildman–Crippen LogP) is 1.69. The van der Waals surface area contributed by atoms with Crippen LogP contribution in [-0.2, 0) is 0 Å². The lowest BCUT2D eigenvalue weighted by atomic mass is 10.0. The van der Waals surface area contributed by atoms with E-state index >= 15 is 0 Å².